The molecule has 1 unspecified atom stereocenters. The molecule has 0 saturated carbocycles. The van der Waals surface area contributed by atoms with Crippen LogP contribution in [0.5, 0.6) is 5.75 Å². The molecule has 1 fully saturated rings. The van der Waals surface area contributed by atoms with Gasteiger partial charge in [-0.3, -0.25) is 0 Å². The lowest BCUT2D eigenvalue weighted by Crippen LogP contribution is -2.49. The van der Waals surface area contributed by atoms with Gasteiger partial charge in [0, 0.05) is 19.7 Å². The first-order valence-corrected chi connectivity index (χ1v) is 10.2. The van der Waals surface area contributed by atoms with E-state index in [9.17, 15) is 13.2 Å². The molecule has 0 aromatic heterocycles. The van der Waals surface area contributed by atoms with Gasteiger partial charge in [0.2, 0.25) is 0 Å². The van der Waals surface area contributed by atoms with Gasteiger partial charge in [-0.15, -0.1) is 0 Å². The van der Waals surface area contributed by atoms with Crippen molar-refractivity contribution in [3.8, 4) is 5.75 Å². The number of nitrogens with one attached hydrogen (secondary N) is 1. The zero-order chi connectivity index (χ0) is 18.3. The SMILES string of the molecule is CCc1ccccc1OCNC(=O)N(CCOC)C1CCS(=O)(=O)C1. The van der Waals surface area contributed by atoms with Gasteiger partial charge in [-0.1, -0.05) is 25.1 Å². The Kier molecular flexibility index (Phi) is 7.07. The molecule has 140 valence electrons. The van der Waals surface area contributed by atoms with Crippen molar-refractivity contribution in [3.05, 3.63) is 29.8 Å². The molecule has 1 aromatic rings. The van der Waals surface area contributed by atoms with Crippen LogP contribution in [0.1, 0.15) is 18.9 Å². The Hall–Kier alpha value is -1.80. The van der Waals surface area contributed by atoms with Gasteiger partial charge in [-0.25, -0.2) is 13.2 Å². The molecule has 1 aliphatic heterocycles. The highest BCUT2D eigenvalue weighted by Crippen LogP contribution is 2.19. The predicted molar refractivity (Wildman–Crippen MR) is 95.5 cm³/mol. The number of rotatable bonds is 8. The van der Waals surface area contributed by atoms with Crippen LogP contribution in [0.4, 0.5) is 4.79 Å². The number of hydrogen-bond acceptors (Lipinski definition) is 5. The van der Waals surface area contributed by atoms with E-state index in [0.717, 1.165) is 17.7 Å². The highest BCUT2D eigenvalue weighted by Gasteiger charge is 2.34. The summed E-state index contributed by atoms with van der Waals surface area (Å²) in [6.07, 6.45) is 1.29. The maximum Gasteiger partial charge on any atom is 0.320 e. The molecular weight excluding hydrogens is 344 g/mol. The number of methoxy groups -OCH3 is 1. The summed E-state index contributed by atoms with van der Waals surface area (Å²) in [5.74, 6) is 0.857. The van der Waals surface area contributed by atoms with E-state index in [0.29, 0.717) is 19.6 Å². The Labute approximate surface area is 149 Å². The van der Waals surface area contributed by atoms with Crippen molar-refractivity contribution in [2.75, 3.05) is 38.5 Å². The van der Waals surface area contributed by atoms with E-state index in [4.69, 9.17) is 9.47 Å². The first kappa shape index (κ1) is 19.5. The summed E-state index contributed by atoms with van der Waals surface area (Å²) < 4.78 is 34.1. The maximum atomic E-state index is 12.5. The lowest BCUT2D eigenvalue weighted by Gasteiger charge is -2.28. The van der Waals surface area contributed by atoms with E-state index in [1.165, 1.54) is 4.90 Å². The second kappa shape index (κ2) is 9.05. The van der Waals surface area contributed by atoms with Gasteiger partial charge in [-0.05, 0) is 24.5 Å². The fourth-order valence-electron chi connectivity index (χ4n) is 2.87. The molecule has 25 heavy (non-hydrogen) atoms. The van der Waals surface area contributed by atoms with Gasteiger partial charge in [-0.2, -0.15) is 0 Å². The van der Waals surface area contributed by atoms with Crippen LogP contribution in [-0.4, -0.2) is 63.9 Å². The first-order valence-electron chi connectivity index (χ1n) is 8.41. The number of carbonyl (C=O) groups excluding carboxylic acids is 1. The van der Waals surface area contributed by atoms with E-state index in [1.54, 1.807) is 7.11 Å². The monoisotopic (exact) mass is 370 g/mol. The normalized spacial score (nSPS) is 18.7. The molecule has 0 spiro atoms. The van der Waals surface area contributed by atoms with Crippen molar-refractivity contribution in [3.63, 3.8) is 0 Å². The number of nitrogens with zero attached hydrogens (tertiary/aromatic N) is 1. The van der Waals surface area contributed by atoms with E-state index >= 15 is 0 Å². The summed E-state index contributed by atoms with van der Waals surface area (Å²) in [4.78, 5) is 14.0. The van der Waals surface area contributed by atoms with Crippen LogP contribution < -0.4 is 10.1 Å². The molecule has 1 aromatic carbocycles. The number of ether oxygens (including phenoxy) is 2. The highest BCUT2D eigenvalue weighted by molar-refractivity contribution is 7.91. The van der Waals surface area contributed by atoms with Crippen molar-refractivity contribution in [1.29, 1.82) is 0 Å². The minimum Gasteiger partial charge on any atom is -0.473 e. The van der Waals surface area contributed by atoms with Gasteiger partial charge in [0.1, 0.15) is 5.75 Å². The first-order chi connectivity index (χ1) is 12.0. The van der Waals surface area contributed by atoms with Gasteiger partial charge >= 0.3 is 6.03 Å². The van der Waals surface area contributed by atoms with Gasteiger partial charge in [0.05, 0.1) is 18.1 Å². The minimum atomic E-state index is -3.07. The number of amides is 2. The topological polar surface area (TPSA) is 84.9 Å². The maximum absolute atomic E-state index is 12.5. The van der Waals surface area contributed by atoms with Crippen LogP contribution in [0.15, 0.2) is 24.3 Å². The molecule has 0 aliphatic carbocycles. The third-order valence-corrected chi connectivity index (χ3v) is 6.00. The van der Waals surface area contributed by atoms with Crippen molar-refractivity contribution in [2.45, 2.75) is 25.8 Å². The van der Waals surface area contributed by atoms with E-state index in [1.807, 2.05) is 31.2 Å². The quantitative estimate of drug-likeness (QED) is 0.700. The summed E-state index contributed by atoms with van der Waals surface area (Å²) >= 11 is 0. The fraction of sp³-hybridized carbons (Fsp3) is 0.588. The van der Waals surface area contributed by atoms with Gasteiger partial charge < -0.3 is 19.7 Å². The third-order valence-electron chi connectivity index (χ3n) is 4.25. The van der Waals surface area contributed by atoms with Crippen molar-refractivity contribution in [1.82, 2.24) is 10.2 Å². The lowest BCUT2D eigenvalue weighted by atomic mass is 10.1. The van der Waals surface area contributed by atoms with E-state index in [2.05, 4.69) is 5.32 Å². The van der Waals surface area contributed by atoms with E-state index in [-0.39, 0.29) is 30.3 Å². The molecule has 1 N–H and O–H groups in total. The number of para-hydroxylation sites is 1. The number of benzene rings is 1. The van der Waals surface area contributed by atoms with Crippen LogP contribution in [0.2, 0.25) is 0 Å². The molecule has 1 aliphatic rings. The van der Waals surface area contributed by atoms with Crippen molar-refractivity contribution in [2.24, 2.45) is 0 Å². The highest BCUT2D eigenvalue weighted by atomic mass is 32.2. The van der Waals surface area contributed by atoms with Crippen LogP contribution in [0.3, 0.4) is 0 Å². The van der Waals surface area contributed by atoms with Crippen molar-refractivity contribution >= 4 is 15.9 Å². The fourth-order valence-corrected chi connectivity index (χ4v) is 4.61. The van der Waals surface area contributed by atoms with Crippen LogP contribution in [0.25, 0.3) is 0 Å². The molecule has 7 nitrogen and oxygen atoms in total. The zero-order valence-electron chi connectivity index (χ0n) is 14.7. The third kappa shape index (κ3) is 5.61. The predicted octanol–water partition coefficient (Wildman–Crippen LogP) is 1.43. The molecule has 1 saturated heterocycles. The molecule has 2 rings (SSSR count). The summed E-state index contributed by atoms with van der Waals surface area (Å²) in [5.41, 5.74) is 1.06. The molecule has 2 amide bonds. The average molecular weight is 370 g/mol. The Balaban J connectivity index is 1.93. The van der Waals surface area contributed by atoms with Crippen LogP contribution in [0, 0.1) is 0 Å². The largest absolute Gasteiger partial charge is 0.473 e. The molecule has 1 heterocycles. The van der Waals surface area contributed by atoms with E-state index < -0.39 is 9.84 Å². The Bertz CT molecular complexity index is 677. The number of sulfone groups is 1. The Morgan fingerprint density at radius 2 is 2.12 bits per heavy atom. The second-order valence-electron chi connectivity index (χ2n) is 5.97. The number of aryl methyl sites for hydroxylation is 1. The summed E-state index contributed by atoms with van der Waals surface area (Å²) in [6.45, 7) is 2.75. The summed E-state index contributed by atoms with van der Waals surface area (Å²) in [6, 6.07) is 7.00. The standard InChI is InChI=1S/C17H26N2O5S/c1-3-14-6-4-5-7-16(14)24-13-18-17(20)19(9-10-23-2)15-8-11-25(21,22)12-15/h4-7,15H,3,8-13H2,1-2H3,(H,18,20). The van der Waals surface area contributed by atoms with Gasteiger partial charge in [0.25, 0.3) is 0 Å². The molecule has 1 atom stereocenters. The average Bonchev–Trinajstić information content (AvgIpc) is 2.95. The lowest BCUT2D eigenvalue weighted by molar-refractivity contribution is 0.129. The van der Waals surface area contributed by atoms with Crippen molar-refractivity contribution < 1.29 is 22.7 Å². The smallest absolute Gasteiger partial charge is 0.320 e. The van der Waals surface area contributed by atoms with Crippen LogP contribution >= 0.6 is 0 Å². The summed E-state index contributed by atoms with van der Waals surface area (Å²) in [7, 11) is -1.52. The number of carbonyl (C=O) groups is 1. The zero-order valence-corrected chi connectivity index (χ0v) is 15.5. The van der Waals surface area contributed by atoms with Crippen LogP contribution in [-0.2, 0) is 21.0 Å². The molecular formula is C17H26N2O5S. The molecule has 0 bridgehead atoms. The second-order valence-corrected chi connectivity index (χ2v) is 8.20. The molecule has 0 radical (unpaired) electrons. The molecule has 8 heteroatoms. The minimum absolute atomic E-state index is 0.00363. The summed E-state index contributed by atoms with van der Waals surface area (Å²) in [5, 5.41) is 2.71. The Morgan fingerprint density at radius 3 is 2.76 bits per heavy atom. The number of urea groups is 1. The Morgan fingerprint density at radius 1 is 1.36 bits per heavy atom. The van der Waals surface area contributed by atoms with Gasteiger partial charge in [0.15, 0.2) is 16.6 Å². The number of hydrogen-bond donors (Lipinski definition) is 1.